The number of hydrogen-bond donors (Lipinski definition) is 1. The number of nitrogens with zero attached hydrogens (tertiary/aromatic N) is 2. The van der Waals surface area contributed by atoms with Gasteiger partial charge in [-0.05, 0) is 23.8 Å². The molecule has 0 atom stereocenters. The number of nitrogens with one attached hydrogen (secondary N) is 1. The third kappa shape index (κ3) is 3.78. The monoisotopic (exact) mass is 417 g/mol. The van der Waals surface area contributed by atoms with Gasteiger partial charge in [-0.15, -0.1) is 23.5 Å². The van der Waals surface area contributed by atoms with Gasteiger partial charge in [-0.2, -0.15) is 0 Å². The van der Waals surface area contributed by atoms with Crippen molar-refractivity contribution in [2.45, 2.75) is 11.1 Å². The van der Waals surface area contributed by atoms with Crippen molar-refractivity contribution in [3.8, 4) is 0 Å². The molecule has 1 aromatic heterocycles. The Labute approximate surface area is 167 Å². The molecule has 1 amide bonds. The van der Waals surface area contributed by atoms with E-state index >= 15 is 0 Å². The highest BCUT2D eigenvalue weighted by Crippen LogP contribution is 2.45. The van der Waals surface area contributed by atoms with Gasteiger partial charge in [-0.1, -0.05) is 12.1 Å². The summed E-state index contributed by atoms with van der Waals surface area (Å²) in [4.78, 5) is 34.8. The van der Waals surface area contributed by atoms with Crippen molar-refractivity contribution in [3.05, 3.63) is 68.7 Å². The number of amides is 1. The largest absolute Gasteiger partial charge is 0.420 e. The Kier molecular flexibility index (Phi) is 5.14. The predicted molar refractivity (Wildman–Crippen MR) is 110 cm³/mol. The average molecular weight is 417 g/mol. The topological polar surface area (TPSA) is 107 Å². The third-order valence-corrected chi connectivity index (χ3v) is 7.33. The van der Waals surface area contributed by atoms with E-state index < -0.39 is 10.7 Å². The van der Waals surface area contributed by atoms with Crippen LogP contribution in [0.25, 0.3) is 11.1 Å². The Balaban J connectivity index is 1.52. The number of anilines is 1. The molecule has 28 heavy (non-hydrogen) atoms. The van der Waals surface area contributed by atoms with Gasteiger partial charge in [0.15, 0.2) is 5.58 Å². The first-order valence-corrected chi connectivity index (χ1v) is 10.5. The van der Waals surface area contributed by atoms with Gasteiger partial charge < -0.3 is 9.73 Å². The number of oxazole rings is 1. The fraction of sp³-hybridized carbons (Fsp3) is 0.222. The zero-order valence-corrected chi connectivity index (χ0v) is 16.1. The molecule has 0 bridgehead atoms. The van der Waals surface area contributed by atoms with Crippen LogP contribution in [0, 0.1) is 10.1 Å². The van der Waals surface area contributed by atoms with Gasteiger partial charge in [-0.25, -0.2) is 4.79 Å². The van der Waals surface area contributed by atoms with Crippen molar-refractivity contribution >= 4 is 51.9 Å². The molecule has 1 aliphatic heterocycles. The molecule has 8 nitrogen and oxygen atoms in total. The van der Waals surface area contributed by atoms with Gasteiger partial charge in [0.25, 0.3) is 5.69 Å². The molecular weight excluding hydrogens is 402 g/mol. The van der Waals surface area contributed by atoms with Crippen molar-refractivity contribution < 1.29 is 14.1 Å². The fourth-order valence-electron chi connectivity index (χ4n) is 2.98. The maximum Gasteiger partial charge on any atom is 0.420 e. The van der Waals surface area contributed by atoms with Crippen molar-refractivity contribution in [1.29, 1.82) is 0 Å². The Hall–Kier alpha value is -2.72. The number of thioether (sulfide) groups is 2. The number of aromatic nitrogens is 1. The molecule has 3 aromatic rings. The first-order valence-electron chi connectivity index (χ1n) is 8.42. The summed E-state index contributed by atoms with van der Waals surface area (Å²) in [5, 5.41) is 13.7. The van der Waals surface area contributed by atoms with E-state index in [4.69, 9.17) is 4.42 Å². The highest BCUT2D eigenvalue weighted by molar-refractivity contribution is 8.19. The van der Waals surface area contributed by atoms with Crippen molar-refractivity contribution in [2.24, 2.45) is 0 Å². The molecule has 0 spiro atoms. The van der Waals surface area contributed by atoms with Gasteiger partial charge in [0.1, 0.15) is 6.54 Å². The molecule has 1 N–H and O–H groups in total. The van der Waals surface area contributed by atoms with Crippen molar-refractivity contribution in [2.75, 3.05) is 16.8 Å². The van der Waals surface area contributed by atoms with Crippen molar-refractivity contribution in [1.82, 2.24) is 4.57 Å². The zero-order chi connectivity index (χ0) is 19.7. The van der Waals surface area contributed by atoms with Crippen LogP contribution in [0.1, 0.15) is 10.1 Å². The van der Waals surface area contributed by atoms with Gasteiger partial charge in [0, 0.05) is 23.3 Å². The number of fused-ring (bicyclic) bond motifs is 1. The zero-order valence-electron chi connectivity index (χ0n) is 14.5. The lowest BCUT2D eigenvalue weighted by molar-refractivity contribution is -0.384. The third-order valence-electron chi connectivity index (χ3n) is 4.23. The SMILES string of the molecule is O=C(Cn1c(=O)oc2cc([N+](=O)[O-])ccc21)Nc1cccc(C2SCCS2)c1. The lowest BCUT2D eigenvalue weighted by atomic mass is 10.2. The second kappa shape index (κ2) is 7.72. The maximum absolute atomic E-state index is 12.5. The number of non-ortho nitro benzene ring substituents is 1. The van der Waals surface area contributed by atoms with Crippen LogP contribution in [-0.4, -0.2) is 26.9 Å². The van der Waals surface area contributed by atoms with Crippen LogP contribution < -0.4 is 11.1 Å². The van der Waals surface area contributed by atoms with Gasteiger partial charge >= 0.3 is 5.76 Å². The maximum atomic E-state index is 12.5. The van der Waals surface area contributed by atoms with Gasteiger partial charge in [0.2, 0.25) is 5.91 Å². The molecular formula is C18H15N3O5S2. The lowest BCUT2D eigenvalue weighted by Crippen LogP contribution is -2.24. The summed E-state index contributed by atoms with van der Waals surface area (Å²) in [5.41, 5.74) is 2.02. The first-order chi connectivity index (χ1) is 13.5. The van der Waals surface area contributed by atoms with Crippen LogP contribution in [0.3, 0.4) is 0 Å². The Bertz CT molecular complexity index is 1120. The van der Waals surface area contributed by atoms with Crippen LogP contribution >= 0.6 is 23.5 Å². The lowest BCUT2D eigenvalue weighted by Gasteiger charge is -2.11. The average Bonchev–Trinajstić information content (AvgIpc) is 3.30. The van der Waals surface area contributed by atoms with Gasteiger partial charge in [0.05, 0.1) is 21.1 Å². The quantitative estimate of drug-likeness (QED) is 0.499. The number of nitro benzene ring substituents is 1. The van der Waals surface area contributed by atoms with E-state index in [-0.39, 0.29) is 23.7 Å². The standard InChI is InChI=1S/C18H15N3O5S2/c22-16(19-12-3-1-2-11(8-12)17-27-6-7-28-17)10-20-14-5-4-13(21(24)25)9-15(14)26-18(20)23/h1-5,8-9,17H,6-7,10H2,(H,19,22). The normalized spacial score (nSPS) is 14.4. The summed E-state index contributed by atoms with van der Waals surface area (Å²) in [6.07, 6.45) is 0. The number of carbonyl (C=O) groups excluding carboxylic acids is 1. The molecule has 1 saturated heterocycles. The van der Waals surface area contributed by atoms with E-state index in [0.717, 1.165) is 21.6 Å². The molecule has 0 unspecified atom stereocenters. The number of rotatable bonds is 5. The molecule has 144 valence electrons. The number of nitro groups is 1. The summed E-state index contributed by atoms with van der Waals surface area (Å²) in [7, 11) is 0. The Morgan fingerprint density at radius 2 is 2.04 bits per heavy atom. The van der Waals surface area contributed by atoms with E-state index in [2.05, 4.69) is 5.32 Å². The van der Waals surface area contributed by atoms with Crippen molar-refractivity contribution in [3.63, 3.8) is 0 Å². The van der Waals surface area contributed by atoms with Crippen LogP contribution in [-0.2, 0) is 11.3 Å². The second-order valence-corrected chi connectivity index (χ2v) is 8.83. The molecule has 2 heterocycles. The highest BCUT2D eigenvalue weighted by atomic mass is 32.2. The Morgan fingerprint density at radius 3 is 2.79 bits per heavy atom. The summed E-state index contributed by atoms with van der Waals surface area (Å²) in [6.45, 7) is -0.249. The second-order valence-electron chi connectivity index (χ2n) is 6.11. The molecule has 0 aliphatic carbocycles. The van der Waals surface area contributed by atoms with E-state index in [1.165, 1.54) is 18.2 Å². The van der Waals surface area contributed by atoms with Crippen LogP contribution in [0.4, 0.5) is 11.4 Å². The minimum Gasteiger partial charge on any atom is -0.407 e. The molecule has 4 rings (SSSR count). The van der Waals surface area contributed by atoms with E-state index in [1.54, 1.807) is 6.07 Å². The minimum atomic E-state index is -0.738. The van der Waals surface area contributed by atoms with E-state index in [9.17, 15) is 19.7 Å². The summed E-state index contributed by atoms with van der Waals surface area (Å²) < 4.78 is 6.57. The number of benzene rings is 2. The van der Waals surface area contributed by atoms with Crippen LogP contribution in [0.5, 0.6) is 0 Å². The molecule has 2 aromatic carbocycles. The van der Waals surface area contributed by atoms with Gasteiger partial charge in [-0.3, -0.25) is 19.5 Å². The highest BCUT2D eigenvalue weighted by Gasteiger charge is 2.19. The Morgan fingerprint density at radius 1 is 1.25 bits per heavy atom. The predicted octanol–water partition coefficient (Wildman–Crippen LogP) is 3.62. The summed E-state index contributed by atoms with van der Waals surface area (Å²) >= 11 is 3.76. The first kappa shape index (κ1) is 18.6. The number of carbonyl (C=O) groups is 1. The van der Waals surface area contributed by atoms with Crippen LogP contribution in [0.15, 0.2) is 51.7 Å². The minimum absolute atomic E-state index is 0.0734. The molecule has 1 fully saturated rings. The molecule has 0 radical (unpaired) electrons. The van der Waals surface area contributed by atoms with E-state index in [0.29, 0.717) is 15.8 Å². The summed E-state index contributed by atoms with van der Waals surface area (Å²) in [6, 6.07) is 11.5. The molecule has 10 heteroatoms. The smallest absolute Gasteiger partial charge is 0.407 e. The van der Waals surface area contributed by atoms with E-state index in [1.807, 2.05) is 41.7 Å². The van der Waals surface area contributed by atoms with Crippen LogP contribution in [0.2, 0.25) is 0 Å². The summed E-state index contributed by atoms with van der Waals surface area (Å²) in [5.74, 6) is 1.10. The fourth-order valence-corrected chi connectivity index (χ4v) is 5.81. The molecule has 0 saturated carbocycles. The number of hydrogen-bond acceptors (Lipinski definition) is 7. The molecule has 1 aliphatic rings.